The normalized spacial score (nSPS) is 30.5. The molecule has 3 N–H and O–H groups in total. The summed E-state index contributed by atoms with van der Waals surface area (Å²) in [5.74, 6) is 0.533. The van der Waals surface area contributed by atoms with Crippen LogP contribution in [0.5, 0.6) is 5.75 Å². The van der Waals surface area contributed by atoms with Crippen molar-refractivity contribution in [1.82, 2.24) is 26.2 Å². The number of amides is 2. The van der Waals surface area contributed by atoms with Gasteiger partial charge in [-0.05, 0) is 55.2 Å². The summed E-state index contributed by atoms with van der Waals surface area (Å²) in [5, 5.41) is 0. The van der Waals surface area contributed by atoms with Crippen molar-refractivity contribution >= 4 is 12.0 Å². The minimum absolute atomic E-state index is 0.0274. The molecular weight excluding hydrogens is 467 g/mol. The summed E-state index contributed by atoms with van der Waals surface area (Å²) in [6.45, 7) is 2.46. The molecule has 192 valence electrons. The number of fused-ring (bicyclic) bond motifs is 2. The van der Waals surface area contributed by atoms with Crippen molar-refractivity contribution in [3.8, 4) is 5.75 Å². The van der Waals surface area contributed by atoms with Crippen LogP contribution in [-0.4, -0.2) is 66.4 Å². The van der Waals surface area contributed by atoms with Gasteiger partial charge in [0.2, 0.25) is 5.91 Å². The topological polar surface area (TPSA) is 95.2 Å². The van der Waals surface area contributed by atoms with E-state index in [9.17, 15) is 22.8 Å². The Morgan fingerprint density at radius 1 is 0.943 bits per heavy atom. The van der Waals surface area contributed by atoms with Crippen LogP contribution in [0.3, 0.4) is 0 Å². The summed E-state index contributed by atoms with van der Waals surface area (Å²) in [5.41, 5.74) is 9.92. The van der Waals surface area contributed by atoms with Crippen LogP contribution in [0, 0.1) is 17.8 Å². The maximum absolute atomic E-state index is 13.2. The molecule has 0 aromatic heterocycles. The van der Waals surface area contributed by atoms with Crippen LogP contribution in [0.25, 0.3) is 0 Å². The molecule has 3 aliphatic heterocycles. The summed E-state index contributed by atoms with van der Waals surface area (Å²) in [4.78, 5) is 29.5. The van der Waals surface area contributed by atoms with Crippen LogP contribution in [0.15, 0.2) is 24.3 Å². The monoisotopic (exact) mass is 497 g/mol. The first-order chi connectivity index (χ1) is 16.7. The van der Waals surface area contributed by atoms with E-state index in [-0.39, 0.29) is 36.1 Å². The van der Waals surface area contributed by atoms with Gasteiger partial charge in [0.15, 0.2) is 0 Å². The van der Waals surface area contributed by atoms with Crippen LogP contribution in [-0.2, 0) is 16.1 Å². The molecule has 4 aliphatic rings. The number of likely N-dealkylation sites (tertiary alicyclic amines) is 2. The molecule has 0 radical (unpaired) electrons. The lowest BCUT2D eigenvalue weighted by atomic mass is 9.82. The Morgan fingerprint density at radius 2 is 1.66 bits per heavy atom. The molecule has 5 atom stereocenters. The van der Waals surface area contributed by atoms with Gasteiger partial charge in [-0.25, -0.2) is 15.6 Å². The molecule has 2 amide bonds. The fourth-order valence-electron chi connectivity index (χ4n) is 5.75. The van der Waals surface area contributed by atoms with E-state index < -0.39 is 12.5 Å². The second kappa shape index (κ2) is 9.82. The lowest BCUT2D eigenvalue weighted by Crippen LogP contribution is -2.45. The van der Waals surface area contributed by atoms with Crippen molar-refractivity contribution < 1.29 is 32.2 Å². The van der Waals surface area contributed by atoms with Gasteiger partial charge in [-0.15, -0.1) is 13.2 Å². The number of benzene rings is 1. The van der Waals surface area contributed by atoms with Crippen LogP contribution in [0.4, 0.5) is 18.0 Å². The van der Waals surface area contributed by atoms with Gasteiger partial charge in [0.05, 0.1) is 0 Å². The minimum Gasteiger partial charge on any atom is -0.445 e. The highest BCUT2D eigenvalue weighted by Gasteiger charge is 2.44. The van der Waals surface area contributed by atoms with E-state index in [1.54, 1.807) is 4.90 Å². The number of carbonyl (C=O) groups excluding carboxylic acids is 2. The third kappa shape index (κ3) is 5.65. The average molecular weight is 498 g/mol. The van der Waals surface area contributed by atoms with Crippen LogP contribution >= 0.6 is 0 Å². The largest absolute Gasteiger partial charge is 0.573 e. The van der Waals surface area contributed by atoms with Crippen molar-refractivity contribution in [1.29, 1.82) is 0 Å². The van der Waals surface area contributed by atoms with Crippen LogP contribution in [0.2, 0.25) is 0 Å². The third-order valence-electron chi connectivity index (χ3n) is 7.60. The molecule has 0 spiro atoms. The Morgan fingerprint density at radius 3 is 2.43 bits per heavy atom. The van der Waals surface area contributed by atoms with Gasteiger partial charge >= 0.3 is 12.5 Å². The highest BCUT2D eigenvalue weighted by molar-refractivity contribution is 5.79. The molecule has 3 unspecified atom stereocenters. The zero-order chi connectivity index (χ0) is 24.6. The third-order valence-corrected chi connectivity index (χ3v) is 7.60. The molecule has 9 nitrogen and oxygen atoms in total. The van der Waals surface area contributed by atoms with Gasteiger partial charge in [-0.3, -0.25) is 4.79 Å². The standard InChI is InChI=1S/C23H30F3N5O4/c24-23(25,26)35-18-4-1-14(2-5-18)13-34-22(33)30-8-7-16-10-31(12-17(16)11-30)21(32)15-3-6-19-20(9-15)28-29-27-19/h1-2,4-5,15-17,19-20,27-29H,3,6-13H2/t15?,16-,17-,19?,20?/m1/s1. The van der Waals surface area contributed by atoms with E-state index in [1.807, 2.05) is 4.90 Å². The molecular formula is C23H30F3N5O4. The molecule has 1 aromatic rings. The van der Waals surface area contributed by atoms with Crippen molar-refractivity contribution in [2.45, 2.75) is 50.7 Å². The Balaban J connectivity index is 1.09. The smallest absolute Gasteiger partial charge is 0.445 e. The predicted molar refractivity (Wildman–Crippen MR) is 117 cm³/mol. The van der Waals surface area contributed by atoms with E-state index in [0.29, 0.717) is 37.2 Å². The van der Waals surface area contributed by atoms with E-state index in [1.165, 1.54) is 24.3 Å². The van der Waals surface area contributed by atoms with Crippen LogP contribution < -0.4 is 21.1 Å². The SMILES string of the molecule is O=C(OCc1ccc(OC(F)(F)F)cc1)N1CC[C@@H]2CN(C(=O)C3CCC4NNNC4C3)C[C@H]2C1. The lowest BCUT2D eigenvalue weighted by Gasteiger charge is -2.33. The first kappa shape index (κ1) is 24.1. The van der Waals surface area contributed by atoms with E-state index in [2.05, 4.69) is 21.1 Å². The van der Waals surface area contributed by atoms with Gasteiger partial charge in [0, 0.05) is 44.2 Å². The number of halogens is 3. The molecule has 35 heavy (non-hydrogen) atoms. The van der Waals surface area contributed by atoms with Gasteiger partial charge in [0.25, 0.3) is 0 Å². The summed E-state index contributed by atoms with van der Waals surface area (Å²) in [6, 6.07) is 5.87. The van der Waals surface area contributed by atoms with Gasteiger partial charge in [0.1, 0.15) is 12.4 Å². The quantitative estimate of drug-likeness (QED) is 0.587. The number of alkyl halides is 3. The number of ether oxygens (including phenoxy) is 2. The first-order valence-electron chi connectivity index (χ1n) is 12.1. The molecule has 5 rings (SSSR count). The molecule has 0 bridgehead atoms. The number of hydrazine groups is 2. The Bertz CT molecular complexity index is 931. The summed E-state index contributed by atoms with van der Waals surface area (Å²) < 4.78 is 46.1. The highest BCUT2D eigenvalue weighted by Crippen LogP contribution is 2.35. The van der Waals surface area contributed by atoms with E-state index >= 15 is 0 Å². The van der Waals surface area contributed by atoms with Crippen molar-refractivity contribution in [3.05, 3.63) is 29.8 Å². The molecule has 3 heterocycles. The molecule has 4 fully saturated rings. The average Bonchev–Trinajstić information content (AvgIpc) is 3.47. The Kier molecular flexibility index (Phi) is 6.78. The van der Waals surface area contributed by atoms with Crippen molar-refractivity contribution in [2.75, 3.05) is 26.2 Å². The van der Waals surface area contributed by atoms with Crippen molar-refractivity contribution in [3.63, 3.8) is 0 Å². The molecule has 3 saturated heterocycles. The highest BCUT2D eigenvalue weighted by atomic mass is 19.4. The molecule has 1 aliphatic carbocycles. The number of rotatable bonds is 4. The maximum Gasteiger partial charge on any atom is 0.573 e. The number of nitrogens with zero attached hydrogens (tertiary/aromatic N) is 2. The molecule has 12 heteroatoms. The van der Waals surface area contributed by atoms with Gasteiger partial charge < -0.3 is 19.3 Å². The van der Waals surface area contributed by atoms with Gasteiger partial charge in [-0.1, -0.05) is 12.1 Å². The zero-order valence-electron chi connectivity index (χ0n) is 19.2. The van der Waals surface area contributed by atoms with E-state index in [4.69, 9.17) is 4.74 Å². The summed E-state index contributed by atoms with van der Waals surface area (Å²) >= 11 is 0. The number of nitrogens with one attached hydrogen (secondary N) is 3. The number of carbonyl (C=O) groups is 2. The van der Waals surface area contributed by atoms with Crippen molar-refractivity contribution in [2.24, 2.45) is 17.8 Å². The van der Waals surface area contributed by atoms with Gasteiger partial charge in [-0.2, -0.15) is 5.53 Å². The zero-order valence-corrected chi connectivity index (χ0v) is 19.2. The predicted octanol–water partition coefficient (Wildman–Crippen LogP) is 2.15. The lowest BCUT2D eigenvalue weighted by molar-refractivity contribution is -0.274. The maximum atomic E-state index is 13.2. The summed E-state index contributed by atoms with van der Waals surface area (Å²) in [7, 11) is 0. The Hall–Kier alpha value is -2.57. The molecule has 1 aromatic carbocycles. The minimum atomic E-state index is -4.75. The second-order valence-electron chi connectivity index (χ2n) is 9.88. The first-order valence-corrected chi connectivity index (χ1v) is 12.1. The number of piperidine rings is 1. The second-order valence-corrected chi connectivity index (χ2v) is 9.88. The fourth-order valence-corrected chi connectivity index (χ4v) is 5.75. The fraction of sp³-hybridized carbons (Fsp3) is 0.652. The van der Waals surface area contributed by atoms with Crippen LogP contribution in [0.1, 0.15) is 31.2 Å². The van der Waals surface area contributed by atoms with E-state index in [0.717, 1.165) is 32.2 Å². The number of hydrogen-bond donors (Lipinski definition) is 3. The Labute approximate surface area is 201 Å². The summed E-state index contributed by atoms with van der Waals surface area (Å²) in [6.07, 6.45) is -1.73. The molecule has 1 saturated carbocycles. The number of hydrogen-bond acceptors (Lipinski definition) is 7.